The second kappa shape index (κ2) is 18.2. The van der Waals surface area contributed by atoms with Crippen molar-refractivity contribution in [2.45, 2.75) is 77.6 Å². The number of unbranched alkanes of at least 4 members (excludes halogenated alkanes) is 9. The maximum absolute atomic E-state index is 9.22. The SMILES string of the molecule is CCCCCCCCCCCCNCCC[N+](C)(C)C.COS(=O)(=O)[O-]. The summed E-state index contributed by atoms with van der Waals surface area (Å²) >= 11 is 0. The third-order valence-corrected chi connectivity index (χ3v) is 4.50. The van der Waals surface area contributed by atoms with E-state index in [1.54, 1.807) is 0 Å². The van der Waals surface area contributed by atoms with Gasteiger partial charge < -0.3 is 14.4 Å². The van der Waals surface area contributed by atoms with Gasteiger partial charge in [-0.3, -0.25) is 4.18 Å². The van der Waals surface area contributed by atoms with Gasteiger partial charge in [-0.15, -0.1) is 0 Å². The van der Waals surface area contributed by atoms with Gasteiger partial charge in [0.05, 0.1) is 34.8 Å². The highest BCUT2D eigenvalue weighted by Crippen LogP contribution is 2.10. The largest absolute Gasteiger partial charge is 0.726 e. The summed E-state index contributed by atoms with van der Waals surface area (Å²) in [5, 5.41) is 3.57. The van der Waals surface area contributed by atoms with Crippen molar-refractivity contribution in [1.29, 1.82) is 0 Å². The zero-order chi connectivity index (χ0) is 20.3. The molecule has 0 aromatic rings. The minimum Gasteiger partial charge on any atom is -0.726 e. The maximum atomic E-state index is 9.22. The van der Waals surface area contributed by atoms with Crippen molar-refractivity contribution in [2.24, 2.45) is 0 Å². The van der Waals surface area contributed by atoms with Gasteiger partial charge in [0.25, 0.3) is 0 Å². The smallest absolute Gasteiger partial charge is 0.217 e. The molecule has 0 fully saturated rings. The molecule has 0 atom stereocenters. The molecule has 6 nitrogen and oxygen atoms in total. The van der Waals surface area contributed by atoms with Crippen molar-refractivity contribution in [3.8, 4) is 0 Å². The predicted octanol–water partition coefficient (Wildman–Crippen LogP) is 3.69. The molecular weight excluding hydrogens is 352 g/mol. The molecule has 0 rings (SSSR count). The molecule has 0 saturated heterocycles. The van der Waals surface area contributed by atoms with Crippen molar-refractivity contribution < 1.29 is 21.6 Å². The van der Waals surface area contributed by atoms with Gasteiger partial charge in [-0.2, -0.15) is 0 Å². The Morgan fingerprint density at radius 2 is 1.19 bits per heavy atom. The first-order valence-electron chi connectivity index (χ1n) is 10.1. The van der Waals surface area contributed by atoms with E-state index in [0.29, 0.717) is 0 Å². The first-order chi connectivity index (χ1) is 12.1. The average Bonchev–Trinajstić information content (AvgIpc) is 2.54. The summed E-state index contributed by atoms with van der Waals surface area (Å²) in [7, 11) is 3.19. The van der Waals surface area contributed by atoms with E-state index in [0.717, 1.165) is 11.6 Å². The molecule has 0 aliphatic heterocycles. The van der Waals surface area contributed by atoms with Crippen LogP contribution in [0.15, 0.2) is 0 Å². The fourth-order valence-corrected chi connectivity index (χ4v) is 2.54. The topological polar surface area (TPSA) is 78.5 Å². The van der Waals surface area contributed by atoms with Crippen LogP contribution in [0.5, 0.6) is 0 Å². The highest BCUT2D eigenvalue weighted by atomic mass is 32.3. The molecule has 0 amide bonds. The van der Waals surface area contributed by atoms with E-state index in [1.807, 2.05) is 0 Å². The molecule has 0 unspecified atom stereocenters. The van der Waals surface area contributed by atoms with E-state index < -0.39 is 10.4 Å². The highest BCUT2D eigenvalue weighted by molar-refractivity contribution is 7.80. The van der Waals surface area contributed by atoms with Gasteiger partial charge in [-0.25, -0.2) is 8.42 Å². The zero-order valence-electron chi connectivity index (χ0n) is 17.9. The molecule has 26 heavy (non-hydrogen) atoms. The van der Waals surface area contributed by atoms with E-state index >= 15 is 0 Å². The molecule has 0 saturated carbocycles. The number of rotatable bonds is 16. The van der Waals surface area contributed by atoms with Crippen molar-refractivity contribution in [2.75, 3.05) is 47.9 Å². The Bertz CT molecular complexity index is 381. The van der Waals surface area contributed by atoms with Crippen molar-refractivity contribution >= 4 is 10.4 Å². The van der Waals surface area contributed by atoms with E-state index in [2.05, 4.69) is 37.6 Å². The van der Waals surface area contributed by atoms with Crippen LogP contribution in [0.4, 0.5) is 0 Å². The molecular formula is C19H44N2O4S. The van der Waals surface area contributed by atoms with Crippen LogP contribution in [0, 0.1) is 0 Å². The lowest BCUT2D eigenvalue weighted by atomic mass is 10.1. The molecule has 160 valence electrons. The summed E-state index contributed by atoms with van der Waals surface area (Å²) in [5.74, 6) is 0. The van der Waals surface area contributed by atoms with Crippen LogP contribution in [-0.4, -0.2) is 65.3 Å². The predicted molar refractivity (Wildman–Crippen MR) is 109 cm³/mol. The molecule has 1 N–H and O–H groups in total. The van der Waals surface area contributed by atoms with E-state index in [-0.39, 0.29) is 0 Å². The van der Waals surface area contributed by atoms with E-state index in [9.17, 15) is 13.0 Å². The second-order valence-corrected chi connectivity index (χ2v) is 9.02. The highest BCUT2D eigenvalue weighted by Gasteiger charge is 2.04. The summed E-state index contributed by atoms with van der Waals surface area (Å²) in [4.78, 5) is 0. The zero-order valence-corrected chi connectivity index (χ0v) is 18.7. The normalized spacial score (nSPS) is 11.9. The lowest BCUT2D eigenvalue weighted by Crippen LogP contribution is -2.36. The van der Waals surface area contributed by atoms with Crippen molar-refractivity contribution in [3.05, 3.63) is 0 Å². The van der Waals surface area contributed by atoms with Crippen LogP contribution in [0.1, 0.15) is 77.6 Å². The van der Waals surface area contributed by atoms with Crippen LogP contribution in [-0.2, 0) is 14.6 Å². The van der Waals surface area contributed by atoms with E-state index in [4.69, 9.17) is 0 Å². The summed E-state index contributed by atoms with van der Waals surface area (Å²) < 4.78 is 32.1. The standard InChI is InChI=1S/C18H41N2.CH4O4S/c1-5-6-7-8-9-10-11-12-13-14-16-19-17-15-18-20(2,3)4;1-5-6(2,3)4/h19H,5-18H2,1-4H3;1H3,(H,2,3,4)/q+1;/p-1. The van der Waals surface area contributed by atoms with E-state index in [1.165, 1.54) is 90.3 Å². The average molecular weight is 397 g/mol. The lowest BCUT2D eigenvalue weighted by Gasteiger charge is -2.23. The Balaban J connectivity index is 0. The van der Waals surface area contributed by atoms with Crippen LogP contribution >= 0.6 is 0 Å². The molecule has 7 heteroatoms. The van der Waals surface area contributed by atoms with Crippen molar-refractivity contribution in [1.82, 2.24) is 5.32 Å². The monoisotopic (exact) mass is 396 g/mol. The minimum absolute atomic E-state index is 0.808. The van der Waals surface area contributed by atoms with Gasteiger partial charge in [0, 0.05) is 13.0 Å². The number of quaternary nitrogens is 1. The Morgan fingerprint density at radius 1 is 0.808 bits per heavy atom. The summed E-state index contributed by atoms with van der Waals surface area (Å²) in [6.45, 7) is 5.96. The van der Waals surface area contributed by atoms with Crippen LogP contribution in [0.2, 0.25) is 0 Å². The summed E-state index contributed by atoms with van der Waals surface area (Å²) in [6, 6.07) is 0. The molecule has 0 heterocycles. The van der Waals surface area contributed by atoms with Crippen molar-refractivity contribution in [3.63, 3.8) is 0 Å². The fraction of sp³-hybridized carbons (Fsp3) is 1.00. The van der Waals surface area contributed by atoms with Gasteiger partial charge in [0.15, 0.2) is 0 Å². The molecule has 0 aliphatic rings. The third-order valence-electron chi connectivity index (χ3n) is 4.09. The minimum atomic E-state index is -4.41. The summed E-state index contributed by atoms with van der Waals surface area (Å²) in [6.07, 6.45) is 15.6. The number of hydrogen-bond donors (Lipinski definition) is 1. The van der Waals surface area contributed by atoms with Gasteiger partial charge in [-0.05, 0) is 13.0 Å². The van der Waals surface area contributed by atoms with Gasteiger partial charge in [0.2, 0.25) is 10.4 Å². The lowest BCUT2D eigenvalue weighted by molar-refractivity contribution is -0.870. The first-order valence-corrected chi connectivity index (χ1v) is 11.5. The number of nitrogens with zero attached hydrogens (tertiary/aromatic N) is 1. The molecule has 0 radical (unpaired) electrons. The molecule has 0 aliphatic carbocycles. The van der Waals surface area contributed by atoms with Crippen LogP contribution < -0.4 is 5.32 Å². The Kier molecular flexibility index (Phi) is 19.6. The molecule has 0 aromatic carbocycles. The Labute approximate surface area is 163 Å². The fourth-order valence-electron chi connectivity index (χ4n) is 2.54. The summed E-state index contributed by atoms with van der Waals surface area (Å²) in [5.41, 5.74) is 0. The molecule has 0 bridgehead atoms. The van der Waals surface area contributed by atoms with Gasteiger partial charge in [-0.1, -0.05) is 64.7 Å². The van der Waals surface area contributed by atoms with Crippen LogP contribution in [0.3, 0.4) is 0 Å². The number of nitrogens with one attached hydrogen (secondary N) is 1. The maximum Gasteiger partial charge on any atom is 0.217 e. The van der Waals surface area contributed by atoms with Gasteiger partial charge in [0.1, 0.15) is 0 Å². The Morgan fingerprint density at radius 3 is 1.58 bits per heavy atom. The third kappa shape index (κ3) is 31.5. The second-order valence-electron chi connectivity index (χ2n) is 7.87. The first kappa shape index (κ1) is 28.0. The molecule has 0 spiro atoms. The van der Waals surface area contributed by atoms with Crippen LogP contribution in [0.25, 0.3) is 0 Å². The van der Waals surface area contributed by atoms with Gasteiger partial charge >= 0.3 is 0 Å². The molecule has 0 aromatic heterocycles. The quantitative estimate of drug-likeness (QED) is 0.186. The number of hydrogen-bond acceptors (Lipinski definition) is 5. The Hall–Kier alpha value is -0.210.